The summed E-state index contributed by atoms with van der Waals surface area (Å²) in [5.74, 6) is 0.181. The number of carbonyl (C=O) groups is 1. The smallest absolute Gasteiger partial charge is 0.238 e. The summed E-state index contributed by atoms with van der Waals surface area (Å²) in [6.07, 6.45) is 3.84. The number of aromatic nitrogens is 1. The highest BCUT2D eigenvalue weighted by molar-refractivity contribution is 7.88. The lowest BCUT2D eigenvalue weighted by Gasteiger charge is -2.20. The molecule has 1 atom stereocenters. The lowest BCUT2D eigenvalue weighted by molar-refractivity contribution is -0.124. The van der Waals surface area contributed by atoms with Gasteiger partial charge in [0.15, 0.2) is 0 Å². The van der Waals surface area contributed by atoms with Gasteiger partial charge < -0.3 is 9.73 Å². The van der Waals surface area contributed by atoms with E-state index in [9.17, 15) is 13.2 Å². The van der Waals surface area contributed by atoms with Gasteiger partial charge in [0.05, 0.1) is 18.5 Å². The number of hydrogen-bond acceptors (Lipinski definition) is 5. The van der Waals surface area contributed by atoms with Gasteiger partial charge in [0.25, 0.3) is 0 Å². The van der Waals surface area contributed by atoms with Gasteiger partial charge >= 0.3 is 0 Å². The van der Waals surface area contributed by atoms with Crippen molar-refractivity contribution < 1.29 is 17.6 Å². The first-order chi connectivity index (χ1) is 11.4. The summed E-state index contributed by atoms with van der Waals surface area (Å²) < 4.78 is 30.1. The minimum Gasteiger partial charge on any atom is -0.444 e. The van der Waals surface area contributed by atoms with E-state index in [2.05, 4.69) is 10.3 Å². The van der Waals surface area contributed by atoms with E-state index in [0.717, 1.165) is 11.8 Å². The fourth-order valence-electron chi connectivity index (χ4n) is 2.80. The van der Waals surface area contributed by atoms with Gasteiger partial charge in [-0.2, -0.15) is 4.31 Å². The fraction of sp³-hybridized carbons (Fsp3) is 0.375. The van der Waals surface area contributed by atoms with Crippen LogP contribution in [0, 0.1) is 0 Å². The number of nitrogens with one attached hydrogen (secondary N) is 1. The predicted molar refractivity (Wildman–Crippen MR) is 88.4 cm³/mol. The Morgan fingerprint density at radius 3 is 2.83 bits per heavy atom. The Kier molecular flexibility index (Phi) is 4.68. The van der Waals surface area contributed by atoms with Crippen LogP contribution in [0.2, 0.25) is 0 Å². The van der Waals surface area contributed by atoms with Crippen molar-refractivity contribution >= 4 is 15.9 Å². The maximum absolute atomic E-state index is 12.3. The average molecular weight is 349 g/mol. The largest absolute Gasteiger partial charge is 0.444 e. The first-order valence-corrected chi connectivity index (χ1v) is 9.54. The quantitative estimate of drug-likeness (QED) is 0.880. The molecule has 1 aromatic heterocycles. The topological polar surface area (TPSA) is 92.5 Å². The standard InChI is InChI=1S/C16H19N3O4S/c1-24(21,22)19-9-5-8-14(19)15(20)17-10-13-11-23-16(18-13)12-6-3-2-4-7-12/h2-4,6-7,11,14H,5,8-10H2,1H3,(H,17,20). The van der Waals surface area contributed by atoms with Crippen molar-refractivity contribution in [2.75, 3.05) is 12.8 Å². The molecule has 1 aromatic carbocycles. The van der Waals surface area contributed by atoms with Crippen molar-refractivity contribution in [1.82, 2.24) is 14.6 Å². The minimum atomic E-state index is -3.37. The highest BCUT2D eigenvalue weighted by atomic mass is 32.2. The van der Waals surface area contributed by atoms with E-state index < -0.39 is 16.1 Å². The number of nitrogens with zero attached hydrogens (tertiary/aromatic N) is 2. The van der Waals surface area contributed by atoms with Gasteiger partial charge in [-0.05, 0) is 25.0 Å². The third-order valence-electron chi connectivity index (χ3n) is 3.95. The van der Waals surface area contributed by atoms with Gasteiger partial charge in [-0.15, -0.1) is 0 Å². The lowest BCUT2D eigenvalue weighted by atomic mass is 10.2. The normalized spacial score (nSPS) is 18.6. The number of rotatable bonds is 5. The van der Waals surface area contributed by atoms with E-state index in [0.29, 0.717) is 31.0 Å². The number of oxazole rings is 1. The Morgan fingerprint density at radius 2 is 2.12 bits per heavy atom. The molecule has 1 aliphatic rings. The summed E-state index contributed by atoms with van der Waals surface area (Å²) in [6, 6.07) is 8.82. The molecule has 1 unspecified atom stereocenters. The lowest BCUT2D eigenvalue weighted by Crippen LogP contribution is -2.45. The van der Waals surface area contributed by atoms with Crippen LogP contribution in [-0.4, -0.2) is 42.5 Å². The van der Waals surface area contributed by atoms with Crippen LogP contribution < -0.4 is 5.32 Å². The molecule has 1 saturated heterocycles. The fourth-order valence-corrected chi connectivity index (χ4v) is 3.92. The first kappa shape index (κ1) is 16.7. The van der Waals surface area contributed by atoms with E-state index in [-0.39, 0.29) is 12.5 Å². The van der Waals surface area contributed by atoms with Crippen LogP contribution >= 0.6 is 0 Å². The maximum Gasteiger partial charge on any atom is 0.238 e. The van der Waals surface area contributed by atoms with E-state index in [1.54, 1.807) is 0 Å². The van der Waals surface area contributed by atoms with Crippen molar-refractivity contribution in [1.29, 1.82) is 0 Å². The molecule has 0 spiro atoms. The summed E-state index contributed by atoms with van der Waals surface area (Å²) in [4.78, 5) is 16.6. The molecule has 0 aliphatic carbocycles. The second kappa shape index (κ2) is 6.74. The van der Waals surface area contributed by atoms with Crippen molar-refractivity contribution in [3.05, 3.63) is 42.3 Å². The Bertz CT molecular complexity index is 817. The molecule has 0 saturated carbocycles. The summed E-state index contributed by atoms with van der Waals surface area (Å²) in [5.41, 5.74) is 1.44. The van der Waals surface area contributed by atoms with Crippen molar-refractivity contribution in [2.45, 2.75) is 25.4 Å². The molecule has 24 heavy (non-hydrogen) atoms. The van der Waals surface area contributed by atoms with Crippen LogP contribution in [0.15, 0.2) is 41.0 Å². The van der Waals surface area contributed by atoms with Gasteiger partial charge in [0, 0.05) is 12.1 Å². The minimum absolute atomic E-state index is 0.198. The molecular formula is C16H19N3O4S. The molecule has 128 valence electrons. The number of hydrogen-bond donors (Lipinski definition) is 1. The van der Waals surface area contributed by atoms with Gasteiger partial charge in [-0.3, -0.25) is 4.79 Å². The Labute approximate surface area is 140 Å². The highest BCUT2D eigenvalue weighted by Gasteiger charge is 2.36. The van der Waals surface area contributed by atoms with E-state index >= 15 is 0 Å². The molecule has 0 bridgehead atoms. The zero-order chi connectivity index (χ0) is 17.2. The van der Waals surface area contributed by atoms with Crippen LogP contribution in [0.4, 0.5) is 0 Å². The predicted octanol–water partition coefficient (Wildman–Crippen LogP) is 1.38. The monoisotopic (exact) mass is 349 g/mol. The maximum atomic E-state index is 12.3. The van der Waals surface area contributed by atoms with Crippen LogP contribution in [-0.2, 0) is 21.4 Å². The molecule has 1 aliphatic heterocycles. The number of amides is 1. The summed E-state index contributed by atoms with van der Waals surface area (Å²) >= 11 is 0. The Hall–Kier alpha value is -2.19. The van der Waals surface area contributed by atoms with E-state index in [1.165, 1.54) is 10.6 Å². The van der Waals surface area contributed by atoms with Crippen LogP contribution in [0.1, 0.15) is 18.5 Å². The van der Waals surface area contributed by atoms with Crippen molar-refractivity contribution in [3.8, 4) is 11.5 Å². The van der Waals surface area contributed by atoms with Gasteiger partial charge in [-0.1, -0.05) is 18.2 Å². The molecule has 1 amide bonds. The van der Waals surface area contributed by atoms with E-state index in [1.807, 2.05) is 30.3 Å². The third kappa shape index (κ3) is 3.65. The molecule has 1 fully saturated rings. The van der Waals surface area contributed by atoms with Crippen molar-refractivity contribution in [2.24, 2.45) is 0 Å². The number of carbonyl (C=O) groups excluding carboxylic acids is 1. The summed E-state index contributed by atoms with van der Waals surface area (Å²) in [7, 11) is -3.37. The Balaban J connectivity index is 1.62. The second-order valence-corrected chi connectivity index (χ2v) is 7.69. The van der Waals surface area contributed by atoms with Gasteiger partial charge in [0.2, 0.25) is 21.8 Å². The summed E-state index contributed by atoms with van der Waals surface area (Å²) in [6.45, 7) is 0.586. The van der Waals surface area contributed by atoms with Crippen molar-refractivity contribution in [3.63, 3.8) is 0 Å². The number of benzene rings is 1. The number of sulfonamides is 1. The zero-order valence-corrected chi connectivity index (χ0v) is 14.1. The zero-order valence-electron chi connectivity index (χ0n) is 13.3. The average Bonchev–Trinajstić information content (AvgIpc) is 3.22. The molecule has 3 rings (SSSR count). The van der Waals surface area contributed by atoms with Crippen LogP contribution in [0.3, 0.4) is 0 Å². The van der Waals surface area contributed by atoms with E-state index in [4.69, 9.17) is 4.42 Å². The molecule has 1 N–H and O–H groups in total. The molecule has 0 radical (unpaired) electrons. The van der Waals surface area contributed by atoms with Gasteiger partial charge in [0.1, 0.15) is 12.3 Å². The summed E-state index contributed by atoms with van der Waals surface area (Å²) in [5, 5.41) is 2.74. The SMILES string of the molecule is CS(=O)(=O)N1CCCC1C(=O)NCc1coc(-c2ccccc2)n1. The molecular weight excluding hydrogens is 330 g/mol. The molecule has 2 aromatic rings. The third-order valence-corrected chi connectivity index (χ3v) is 5.24. The highest BCUT2D eigenvalue weighted by Crippen LogP contribution is 2.21. The van der Waals surface area contributed by atoms with Crippen LogP contribution in [0.5, 0.6) is 0 Å². The molecule has 2 heterocycles. The second-order valence-electron chi connectivity index (χ2n) is 5.76. The van der Waals surface area contributed by atoms with Crippen LogP contribution in [0.25, 0.3) is 11.5 Å². The molecule has 8 heteroatoms. The Morgan fingerprint density at radius 1 is 1.38 bits per heavy atom. The van der Waals surface area contributed by atoms with Gasteiger partial charge in [-0.25, -0.2) is 13.4 Å². The molecule has 7 nitrogen and oxygen atoms in total. The first-order valence-electron chi connectivity index (χ1n) is 7.69.